The lowest BCUT2D eigenvalue weighted by Crippen LogP contribution is -2.14. The molecule has 0 aliphatic heterocycles. The first-order chi connectivity index (χ1) is 14.7. The van der Waals surface area contributed by atoms with Crippen molar-refractivity contribution < 1.29 is 14.3 Å². The first-order valence-corrected chi connectivity index (χ1v) is 10.1. The number of ether oxygens (including phenoxy) is 2. The lowest BCUT2D eigenvalue weighted by molar-refractivity contribution is -0.113. The molecule has 9 heteroatoms. The second kappa shape index (κ2) is 8.83. The summed E-state index contributed by atoms with van der Waals surface area (Å²) in [5, 5.41) is 16.6. The molecule has 4 aromatic rings. The van der Waals surface area contributed by atoms with Gasteiger partial charge in [0.15, 0.2) is 23.0 Å². The highest BCUT2D eigenvalue weighted by molar-refractivity contribution is 7.99. The van der Waals surface area contributed by atoms with Gasteiger partial charge in [-0.25, -0.2) is 0 Å². The number of methoxy groups -OCH3 is 2. The summed E-state index contributed by atoms with van der Waals surface area (Å²) < 4.78 is 12.3. The molecule has 0 radical (unpaired) electrons. The lowest BCUT2D eigenvalue weighted by Gasteiger charge is -2.09. The molecular formula is C21H19N5O3S. The second-order valence-corrected chi connectivity index (χ2v) is 7.23. The molecule has 0 aliphatic rings. The van der Waals surface area contributed by atoms with Crippen LogP contribution in [0.3, 0.4) is 0 Å². The number of amides is 1. The standard InChI is InChI=1S/C21H19N5O3S/c1-28-16-9-8-14(12-17(16)29-2)21-24-23-18-10-11-20(25-26(18)21)30-13-19(27)22-15-6-4-3-5-7-15/h3-12H,13H2,1-2H3,(H,22,27). The maximum atomic E-state index is 12.2. The number of carbonyl (C=O) groups is 1. The Morgan fingerprint density at radius 3 is 2.57 bits per heavy atom. The Morgan fingerprint density at radius 2 is 1.80 bits per heavy atom. The molecule has 8 nitrogen and oxygen atoms in total. The Kier molecular flexibility index (Phi) is 5.80. The van der Waals surface area contributed by atoms with Gasteiger partial charge < -0.3 is 14.8 Å². The van der Waals surface area contributed by atoms with Gasteiger partial charge in [0, 0.05) is 11.3 Å². The van der Waals surface area contributed by atoms with Crippen molar-refractivity contribution in [1.29, 1.82) is 0 Å². The summed E-state index contributed by atoms with van der Waals surface area (Å²) in [7, 11) is 3.17. The van der Waals surface area contributed by atoms with Gasteiger partial charge >= 0.3 is 0 Å². The molecule has 0 spiro atoms. The van der Waals surface area contributed by atoms with Crippen molar-refractivity contribution in [2.24, 2.45) is 0 Å². The van der Waals surface area contributed by atoms with Gasteiger partial charge in [-0.2, -0.15) is 9.61 Å². The first kappa shape index (κ1) is 19.7. The number of thioether (sulfide) groups is 1. The van der Waals surface area contributed by atoms with Crippen LogP contribution in [0.4, 0.5) is 5.69 Å². The minimum Gasteiger partial charge on any atom is -0.493 e. The minimum absolute atomic E-state index is 0.100. The van der Waals surface area contributed by atoms with Crippen molar-refractivity contribution in [2.75, 3.05) is 25.3 Å². The Morgan fingerprint density at radius 1 is 1.00 bits per heavy atom. The van der Waals surface area contributed by atoms with E-state index < -0.39 is 0 Å². The average molecular weight is 421 g/mol. The molecule has 152 valence electrons. The number of para-hydroxylation sites is 1. The average Bonchev–Trinajstić information content (AvgIpc) is 3.21. The van der Waals surface area contributed by atoms with Gasteiger partial charge in [0.2, 0.25) is 5.91 Å². The van der Waals surface area contributed by atoms with Crippen molar-refractivity contribution in [3.63, 3.8) is 0 Å². The van der Waals surface area contributed by atoms with Crippen LogP contribution >= 0.6 is 11.8 Å². The van der Waals surface area contributed by atoms with Gasteiger partial charge in [0.25, 0.3) is 0 Å². The zero-order chi connectivity index (χ0) is 20.9. The van der Waals surface area contributed by atoms with E-state index >= 15 is 0 Å². The molecule has 1 N–H and O–H groups in total. The van der Waals surface area contributed by atoms with Gasteiger partial charge in [-0.15, -0.1) is 10.2 Å². The normalized spacial score (nSPS) is 10.7. The van der Waals surface area contributed by atoms with E-state index in [-0.39, 0.29) is 11.7 Å². The van der Waals surface area contributed by atoms with Crippen molar-refractivity contribution in [3.05, 3.63) is 60.7 Å². The van der Waals surface area contributed by atoms with Crippen LogP contribution in [0, 0.1) is 0 Å². The van der Waals surface area contributed by atoms with Crippen molar-refractivity contribution >= 4 is 29.0 Å². The van der Waals surface area contributed by atoms with E-state index in [0.29, 0.717) is 28.0 Å². The topological polar surface area (TPSA) is 90.6 Å². The third-order valence-corrected chi connectivity index (χ3v) is 5.21. The number of nitrogens with zero attached hydrogens (tertiary/aromatic N) is 4. The van der Waals surface area contributed by atoms with Crippen LogP contribution in [0.25, 0.3) is 17.0 Å². The number of carbonyl (C=O) groups excluding carboxylic acids is 1. The summed E-state index contributed by atoms with van der Waals surface area (Å²) >= 11 is 1.34. The summed E-state index contributed by atoms with van der Waals surface area (Å²) in [5.41, 5.74) is 2.16. The fourth-order valence-corrected chi connectivity index (χ4v) is 3.52. The number of aromatic nitrogens is 4. The quantitative estimate of drug-likeness (QED) is 0.457. The molecule has 0 bridgehead atoms. The summed E-state index contributed by atoms with van der Waals surface area (Å²) in [4.78, 5) is 12.2. The number of hydrogen-bond acceptors (Lipinski definition) is 7. The number of benzene rings is 2. The Labute approximate surface area is 177 Å². The molecule has 4 rings (SSSR count). The zero-order valence-electron chi connectivity index (χ0n) is 16.4. The van der Waals surface area contributed by atoms with Crippen LogP contribution in [0.15, 0.2) is 65.7 Å². The summed E-state index contributed by atoms with van der Waals surface area (Å²) in [6.45, 7) is 0. The monoisotopic (exact) mass is 421 g/mol. The fourth-order valence-electron chi connectivity index (χ4n) is 2.86. The molecule has 1 amide bonds. The van der Waals surface area contributed by atoms with Gasteiger partial charge in [-0.05, 0) is 42.5 Å². The lowest BCUT2D eigenvalue weighted by atomic mass is 10.2. The second-order valence-electron chi connectivity index (χ2n) is 6.24. The summed E-state index contributed by atoms with van der Waals surface area (Å²) in [6, 6.07) is 18.5. The Hall–Kier alpha value is -3.59. The molecule has 2 heterocycles. The Balaban J connectivity index is 1.54. The maximum Gasteiger partial charge on any atom is 0.234 e. The van der Waals surface area contributed by atoms with E-state index in [0.717, 1.165) is 11.3 Å². The molecule has 0 atom stereocenters. The van der Waals surface area contributed by atoms with Crippen molar-refractivity contribution in [2.45, 2.75) is 5.03 Å². The van der Waals surface area contributed by atoms with E-state index in [4.69, 9.17) is 9.47 Å². The molecule has 2 aromatic carbocycles. The van der Waals surface area contributed by atoms with Crippen LogP contribution in [-0.4, -0.2) is 45.7 Å². The minimum atomic E-state index is -0.100. The van der Waals surface area contributed by atoms with Gasteiger partial charge in [-0.3, -0.25) is 4.79 Å². The van der Waals surface area contributed by atoms with E-state index in [2.05, 4.69) is 20.6 Å². The largest absolute Gasteiger partial charge is 0.493 e. The van der Waals surface area contributed by atoms with Gasteiger partial charge in [-0.1, -0.05) is 30.0 Å². The van der Waals surface area contributed by atoms with Crippen LogP contribution in [0.1, 0.15) is 0 Å². The molecule has 2 aromatic heterocycles. The van der Waals surface area contributed by atoms with Crippen LogP contribution in [0.5, 0.6) is 11.5 Å². The summed E-state index contributed by atoms with van der Waals surface area (Å²) in [6.07, 6.45) is 0. The highest BCUT2D eigenvalue weighted by Gasteiger charge is 2.14. The predicted molar refractivity (Wildman–Crippen MR) is 115 cm³/mol. The highest BCUT2D eigenvalue weighted by atomic mass is 32.2. The third-order valence-electron chi connectivity index (χ3n) is 4.29. The SMILES string of the molecule is COc1ccc(-c2nnc3ccc(SCC(=O)Nc4ccccc4)nn23)cc1OC. The van der Waals surface area contributed by atoms with E-state index in [1.807, 2.05) is 60.7 Å². The predicted octanol–water partition coefficient (Wildman–Crippen LogP) is 3.54. The number of rotatable bonds is 7. The fraction of sp³-hybridized carbons (Fsp3) is 0.143. The third kappa shape index (κ3) is 4.20. The molecule has 0 saturated carbocycles. The molecular weight excluding hydrogens is 402 g/mol. The van der Waals surface area contributed by atoms with E-state index in [1.54, 1.807) is 18.7 Å². The van der Waals surface area contributed by atoms with Crippen molar-refractivity contribution in [1.82, 2.24) is 19.8 Å². The highest BCUT2D eigenvalue weighted by Crippen LogP contribution is 2.31. The van der Waals surface area contributed by atoms with Crippen LogP contribution < -0.4 is 14.8 Å². The zero-order valence-corrected chi connectivity index (χ0v) is 17.2. The van der Waals surface area contributed by atoms with Gasteiger partial charge in [0.05, 0.1) is 20.0 Å². The van der Waals surface area contributed by atoms with E-state index in [1.165, 1.54) is 11.8 Å². The molecule has 30 heavy (non-hydrogen) atoms. The molecule has 0 aliphatic carbocycles. The smallest absolute Gasteiger partial charge is 0.234 e. The number of anilines is 1. The molecule has 0 unspecified atom stereocenters. The number of hydrogen-bond donors (Lipinski definition) is 1. The molecule has 0 fully saturated rings. The first-order valence-electron chi connectivity index (χ1n) is 9.10. The number of nitrogens with one attached hydrogen (secondary N) is 1. The number of fused-ring (bicyclic) bond motifs is 1. The summed E-state index contributed by atoms with van der Waals surface area (Å²) in [5.74, 6) is 1.93. The molecule has 0 saturated heterocycles. The van der Waals surface area contributed by atoms with E-state index in [9.17, 15) is 4.79 Å². The maximum absolute atomic E-state index is 12.2. The van der Waals surface area contributed by atoms with Crippen LogP contribution in [0.2, 0.25) is 0 Å². The Bertz CT molecular complexity index is 1180. The van der Waals surface area contributed by atoms with Crippen molar-refractivity contribution in [3.8, 4) is 22.9 Å². The van der Waals surface area contributed by atoms with Gasteiger partial charge in [0.1, 0.15) is 5.03 Å². The van der Waals surface area contributed by atoms with Crippen LogP contribution in [-0.2, 0) is 4.79 Å².